The smallest absolute Gasteiger partial charge is 0.0728 e. The molecule has 1 saturated carbocycles. The molecule has 1 aromatic carbocycles. The van der Waals surface area contributed by atoms with Crippen molar-refractivity contribution in [3.63, 3.8) is 0 Å². The molecule has 0 amide bonds. The van der Waals surface area contributed by atoms with Crippen LogP contribution >= 0.6 is 11.6 Å². The van der Waals surface area contributed by atoms with E-state index < -0.39 is 0 Å². The first-order valence-electron chi connectivity index (χ1n) is 7.28. The van der Waals surface area contributed by atoms with Crippen molar-refractivity contribution >= 4 is 17.3 Å². The number of hydrogen-bond donors (Lipinski definition) is 1. The molecule has 0 unspecified atom stereocenters. The number of nitrogens with zero attached hydrogens (tertiary/aromatic N) is 2. The molecule has 1 aliphatic rings. The summed E-state index contributed by atoms with van der Waals surface area (Å²) in [5.74, 6) is 0.615. The summed E-state index contributed by atoms with van der Waals surface area (Å²) in [6.07, 6.45) is 6.20. The van der Waals surface area contributed by atoms with Gasteiger partial charge in [0.2, 0.25) is 0 Å². The van der Waals surface area contributed by atoms with Crippen molar-refractivity contribution in [2.24, 2.45) is 0 Å². The first kappa shape index (κ1) is 14.4. The lowest BCUT2D eigenvalue weighted by atomic mass is 9.76. The second-order valence-corrected chi connectivity index (χ2v) is 5.99. The van der Waals surface area contributed by atoms with Crippen molar-refractivity contribution in [1.82, 2.24) is 9.78 Å². The summed E-state index contributed by atoms with van der Waals surface area (Å²) in [4.78, 5) is 0. The molecule has 0 atom stereocenters. The van der Waals surface area contributed by atoms with E-state index in [1.165, 1.54) is 5.56 Å². The summed E-state index contributed by atoms with van der Waals surface area (Å²) in [7, 11) is 1.70. The number of benzene rings is 1. The van der Waals surface area contributed by atoms with Gasteiger partial charge in [0.15, 0.2) is 0 Å². The average Bonchev–Trinajstić information content (AvgIpc) is 2.87. The van der Waals surface area contributed by atoms with Crippen molar-refractivity contribution in [2.45, 2.75) is 31.3 Å². The van der Waals surface area contributed by atoms with E-state index in [1.54, 1.807) is 7.11 Å². The molecule has 5 heteroatoms. The molecule has 21 heavy (non-hydrogen) atoms. The Labute approximate surface area is 130 Å². The van der Waals surface area contributed by atoms with Crippen LogP contribution in [0.15, 0.2) is 36.7 Å². The second-order valence-electron chi connectivity index (χ2n) is 5.55. The third-order valence-electron chi connectivity index (χ3n) is 3.99. The van der Waals surface area contributed by atoms with Gasteiger partial charge in [0.25, 0.3) is 0 Å². The van der Waals surface area contributed by atoms with Gasteiger partial charge in [-0.2, -0.15) is 5.10 Å². The van der Waals surface area contributed by atoms with E-state index in [1.807, 2.05) is 29.2 Å². The van der Waals surface area contributed by atoms with Crippen molar-refractivity contribution in [1.29, 1.82) is 0 Å². The number of ether oxygens (including phenoxy) is 1. The van der Waals surface area contributed by atoms with E-state index in [4.69, 9.17) is 16.3 Å². The Kier molecular flexibility index (Phi) is 4.46. The van der Waals surface area contributed by atoms with Crippen LogP contribution in [0.3, 0.4) is 0 Å². The van der Waals surface area contributed by atoms with E-state index in [-0.39, 0.29) is 0 Å². The Hall–Kier alpha value is -1.52. The van der Waals surface area contributed by atoms with Gasteiger partial charge in [-0.05, 0) is 36.5 Å². The van der Waals surface area contributed by atoms with E-state index in [0.717, 1.165) is 30.1 Å². The van der Waals surface area contributed by atoms with Gasteiger partial charge < -0.3 is 10.1 Å². The molecule has 0 aliphatic heterocycles. The standard InChI is InChI=1S/C16H20ClN3O/c1-21-6-5-20-11-16(10-18-20)19-15-8-13(9-15)12-3-2-4-14(17)7-12/h2-4,7,10-11,13,15,19H,5-6,8-9H2,1H3. The first-order valence-corrected chi connectivity index (χ1v) is 7.66. The highest BCUT2D eigenvalue weighted by Crippen LogP contribution is 2.39. The first-order chi connectivity index (χ1) is 10.2. The Morgan fingerprint density at radius 2 is 2.29 bits per heavy atom. The molecule has 0 spiro atoms. The molecule has 0 saturated heterocycles. The maximum Gasteiger partial charge on any atom is 0.0728 e. The number of methoxy groups -OCH3 is 1. The van der Waals surface area contributed by atoms with Crippen LogP contribution in [0.2, 0.25) is 5.02 Å². The molecule has 112 valence electrons. The molecule has 3 rings (SSSR count). The Balaban J connectivity index is 1.49. The van der Waals surface area contributed by atoms with Crippen LogP contribution in [0.25, 0.3) is 0 Å². The average molecular weight is 306 g/mol. The topological polar surface area (TPSA) is 39.1 Å². The monoisotopic (exact) mass is 305 g/mol. The molecule has 1 heterocycles. The van der Waals surface area contributed by atoms with Crippen molar-refractivity contribution in [3.05, 3.63) is 47.2 Å². The quantitative estimate of drug-likeness (QED) is 0.887. The number of halogens is 1. The van der Waals surface area contributed by atoms with Gasteiger partial charge in [-0.3, -0.25) is 4.68 Å². The highest BCUT2D eigenvalue weighted by Gasteiger charge is 2.30. The van der Waals surface area contributed by atoms with Crippen molar-refractivity contribution in [2.75, 3.05) is 19.0 Å². The maximum absolute atomic E-state index is 6.04. The van der Waals surface area contributed by atoms with Gasteiger partial charge in [0.1, 0.15) is 0 Å². The van der Waals surface area contributed by atoms with Crippen molar-refractivity contribution in [3.8, 4) is 0 Å². The minimum atomic E-state index is 0.522. The lowest BCUT2D eigenvalue weighted by Gasteiger charge is -2.36. The zero-order chi connectivity index (χ0) is 14.7. The summed E-state index contributed by atoms with van der Waals surface area (Å²) >= 11 is 6.04. The fraction of sp³-hybridized carbons (Fsp3) is 0.438. The predicted molar refractivity (Wildman–Crippen MR) is 84.9 cm³/mol. The largest absolute Gasteiger partial charge is 0.383 e. The minimum Gasteiger partial charge on any atom is -0.383 e. The minimum absolute atomic E-state index is 0.522. The maximum atomic E-state index is 6.04. The molecular formula is C16H20ClN3O. The zero-order valence-corrected chi connectivity index (χ0v) is 12.9. The van der Waals surface area contributed by atoms with E-state index in [9.17, 15) is 0 Å². The lowest BCUT2D eigenvalue weighted by molar-refractivity contribution is 0.183. The molecule has 1 aliphatic carbocycles. The van der Waals surface area contributed by atoms with Crippen LogP contribution in [0.5, 0.6) is 0 Å². The third-order valence-corrected chi connectivity index (χ3v) is 4.22. The van der Waals surface area contributed by atoms with Gasteiger partial charge in [-0.1, -0.05) is 23.7 Å². The van der Waals surface area contributed by atoms with E-state index in [0.29, 0.717) is 18.6 Å². The van der Waals surface area contributed by atoms with Crippen LogP contribution in [-0.2, 0) is 11.3 Å². The number of rotatable bonds is 6. The summed E-state index contributed by atoms with van der Waals surface area (Å²) < 4.78 is 6.95. The Bertz CT molecular complexity index is 593. The summed E-state index contributed by atoms with van der Waals surface area (Å²) in [5, 5.41) is 8.67. The third kappa shape index (κ3) is 3.57. The lowest BCUT2D eigenvalue weighted by Crippen LogP contribution is -2.33. The number of anilines is 1. The Morgan fingerprint density at radius 3 is 3.05 bits per heavy atom. The second kappa shape index (κ2) is 6.50. The van der Waals surface area contributed by atoms with E-state index in [2.05, 4.69) is 22.5 Å². The van der Waals surface area contributed by atoms with Gasteiger partial charge in [0, 0.05) is 24.4 Å². The van der Waals surface area contributed by atoms with Gasteiger partial charge in [-0.15, -0.1) is 0 Å². The predicted octanol–water partition coefficient (Wildman–Crippen LogP) is 3.54. The highest BCUT2D eigenvalue weighted by atomic mass is 35.5. The molecule has 1 fully saturated rings. The fourth-order valence-electron chi connectivity index (χ4n) is 2.75. The molecule has 0 radical (unpaired) electrons. The SMILES string of the molecule is COCCn1cc(NC2CC(c3cccc(Cl)c3)C2)cn1. The Morgan fingerprint density at radius 1 is 1.43 bits per heavy atom. The summed E-state index contributed by atoms with van der Waals surface area (Å²) in [5.41, 5.74) is 2.43. The van der Waals surface area contributed by atoms with Crippen LogP contribution in [0.1, 0.15) is 24.3 Å². The van der Waals surface area contributed by atoms with E-state index >= 15 is 0 Å². The van der Waals surface area contributed by atoms with Gasteiger partial charge >= 0.3 is 0 Å². The summed E-state index contributed by atoms with van der Waals surface area (Å²) in [6, 6.07) is 8.71. The number of nitrogens with one attached hydrogen (secondary N) is 1. The van der Waals surface area contributed by atoms with Gasteiger partial charge in [-0.25, -0.2) is 0 Å². The van der Waals surface area contributed by atoms with Crippen LogP contribution in [0, 0.1) is 0 Å². The molecule has 4 nitrogen and oxygen atoms in total. The fourth-order valence-corrected chi connectivity index (χ4v) is 2.95. The number of hydrogen-bond acceptors (Lipinski definition) is 3. The summed E-state index contributed by atoms with van der Waals surface area (Å²) in [6.45, 7) is 1.47. The molecule has 1 aromatic heterocycles. The van der Waals surface area contributed by atoms with Crippen molar-refractivity contribution < 1.29 is 4.74 Å². The molecule has 1 N–H and O–H groups in total. The molecule has 2 aromatic rings. The molecular weight excluding hydrogens is 286 g/mol. The van der Waals surface area contributed by atoms with Crippen LogP contribution in [-0.4, -0.2) is 29.5 Å². The number of aromatic nitrogens is 2. The molecule has 0 bridgehead atoms. The normalized spacial score (nSPS) is 21.0. The zero-order valence-electron chi connectivity index (χ0n) is 12.1. The highest BCUT2D eigenvalue weighted by molar-refractivity contribution is 6.30. The van der Waals surface area contributed by atoms with Crippen LogP contribution < -0.4 is 5.32 Å². The van der Waals surface area contributed by atoms with Crippen LogP contribution in [0.4, 0.5) is 5.69 Å². The van der Waals surface area contributed by atoms with Gasteiger partial charge in [0.05, 0.1) is 25.0 Å².